The molecule has 1 aliphatic heterocycles. The number of thiocarbonyl (C=S) groups is 1. The van der Waals surface area contributed by atoms with E-state index >= 15 is 0 Å². The van der Waals surface area contributed by atoms with E-state index < -0.39 is 0 Å². The van der Waals surface area contributed by atoms with Crippen LogP contribution < -0.4 is 10.1 Å². The summed E-state index contributed by atoms with van der Waals surface area (Å²) in [5.41, 5.74) is 1.33. The molecule has 0 aromatic heterocycles. The third-order valence-electron chi connectivity index (χ3n) is 4.86. The quantitative estimate of drug-likeness (QED) is 0.159. The van der Waals surface area contributed by atoms with Crippen LogP contribution in [0.25, 0.3) is 6.08 Å². The van der Waals surface area contributed by atoms with Crippen molar-refractivity contribution in [1.29, 1.82) is 0 Å². The van der Waals surface area contributed by atoms with Gasteiger partial charge in [0.15, 0.2) is 0 Å². The number of methoxy groups -OCH3 is 1. The van der Waals surface area contributed by atoms with Gasteiger partial charge in [-0.1, -0.05) is 77.3 Å². The van der Waals surface area contributed by atoms with E-state index in [2.05, 4.69) is 5.32 Å². The third kappa shape index (κ3) is 7.11. The van der Waals surface area contributed by atoms with Crippen molar-refractivity contribution in [2.75, 3.05) is 19.0 Å². The fourth-order valence-electron chi connectivity index (χ4n) is 3.11. The molecule has 0 unspecified atom stereocenters. The maximum atomic E-state index is 12.7. The van der Waals surface area contributed by atoms with Gasteiger partial charge < -0.3 is 10.1 Å². The number of nitrogens with one attached hydrogen (secondary N) is 1. The highest BCUT2D eigenvalue weighted by molar-refractivity contribution is 8.26. The van der Waals surface area contributed by atoms with Gasteiger partial charge in [-0.3, -0.25) is 14.5 Å². The monoisotopic (exact) mass is 542 g/mol. The van der Waals surface area contributed by atoms with E-state index in [1.807, 2.05) is 30.3 Å². The van der Waals surface area contributed by atoms with Crippen LogP contribution in [0.1, 0.15) is 31.2 Å². The average Bonchev–Trinajstić information content (AvgIpc) is 3.05. The van der Waals surface area contributed by atoms with Crippen LogP contribution in [-0.2, 0) is 9.59 Å². The molecule has 2 aromatic rings. The lowest BCUT2D eigenvalue weighted by atomic mass is 10.1. The van der Waals surface area contributed by atoms with Crippen molar-refractivity contribution >= 4 is 86.7 Å². The van der Waals surface area contributed by atoms with Gasteiger partial charge in [0.2, 0.25) is 5.91 Å². The van der Waals surface area contributed by atoms with Gasteiger partial charge in [0.05, 0.1) is 32.8 Å². The maximum Gasteiger partial charge on any atom is 0.266 e. The van der Waals surface area contributed by atoms with Crippen molar-refractivity contribution in [3.8, 4) is 5.75 Å². The molecule has 0 bridgehead atoms. The van der Waals surface area contributed by atoms with Crippen molar-refractivity contribution < 1.29 is 14.3 Å². The smallest absolute Gasteiger partial charge is 0.266 e. The first-order valence-electron chi connectivity index (χ1n) is 10.1. The van der Waals surface area contributed by atoms with Crippen LogP contribution in [0.5, 0.6) is 5.75 Å². The second-order valence-electron chi connectivity index (χ2n) is 7.21. The topological polar surface area (TPSA) is 58.6 Å². The fraction of sp³-hybridized carbons (Fsp3) is 0.261. The molecule has 1 aliphatic rings. The van der Waals surface area contributed by atoms with Gasteiger partial charge in [0.25, 0.3) is 5.91 Å². The number of hydrogen-bond donors (Lipinski definition) is 1. The molecule has 0 aliphatic carbocycles. The predicted octanol–water partition coefficient (Wildman–Crippen LogP) is 7.06. The number of benzene rings is 2. The molecule has 2 amide bonds. The second-order valence-corrected chi connectivity index (χ2v) is 10.1. The number of carbonyl (C=O) groups excluding carboxylic acids is 2. The van der Waals surface area contributed by atoms with Crippen LogP contribution in [0.15, 0.2) is 41.3 Å². The minimum atomic E-state index is -0.164. The van der Waals surface area contributed by atoms with Crippen molar-refractivity contribution in [1.82, 2.24) is 4.90 Å². The summed E-state index contributed by atoms with van der Waals surface area (Å²) in [4.78, 5) is 27.1. The van der Waals surface area contributed by atoms with Gasteiger partial charge in [0, 0.05) is 13.0 Å². The molecule has 3 rings (SSSR count). The maximum absolute atomic E-state index is 12.7. The first-order chi connectivity index (χ1) is 15.8. The van der Waals surface area contributed by atoms with Crippen LogP contribution >= 0.6 is 58.8 Å². The summed E-state index contributed by atoms with van der Waals surface area (Å²) in [6.45, 7) is 0.519. The van der Waals surface area contributed by atoms with Gasteiger partial charge in [-0.15, -0.1) is 0 Å². The SMILES string of the molecule is COc1ccc(/C=C2\SC(=S)N(CCCCCC(=O)Nc3cc(Cl)c(Cl)cc3Cl)C2=O)cc1. The van der Waals surface area contributed by atoms with Crippen LogP contribution in [0, 0.1) is 0 Å². The van der Waals surface area contributed by atoms with Gasteiger partial charge in [0.1, 0.15) is 10.1 Å². The highest BCUT2D eigenvalue weighted by Gasteiger charge is 2.31. The summed E-state index contributed by atoms with van der Waals surface area (Å²) >= 11 is 24.6. The normalized spacial score (nSPS) is 14.8. The number of amides is 2. The lowest BCUT2D eigenvalue weighted by Gasteiger charge is -2.14. The van der Waals surface area contributed by atoms with Gasteiger partial charge in [-0.05, 0) is 48.7 Å². The molecule has 0 spiro atoms. The highest BCUT2D eigenvalue weighted by Crippen LogP contribution is 2.34. The van der Waals surface area contributed by atoms with Crippen LogP contribution in [0.4, 0.5) is 5.69 Å². The Morgan fingerprint density at radius 1 is 1.09 bits per heavy atom. The number of ether oxygens (including phenoxy) is 1. The molecule has 5 nitrogen and oxygen atoms in total. The molecule has 1 heterocycles. The minimum Gasteiger partial charge on any atom is -0.497 e. The van der Waals surface area contributed by atoms with E-state index in [0.29, 0.717) is 49.4 Å². The Labute approximate surface area is 217 Å². The Kier molecular flexibility index (Phi) is 9.47. The van der Waals surface area contributed by atoms with Crippen LogP contribution in [0.3, 0.4) is 0 Å². The van der Waals surface area contributed by atoms with E-state index in [0.717, 1.165) is 24.2 Å². The molecule has 174 valence electrons. The lowest BCUT2D eigenvalue weighted by Crippen LogP contribution is -2.29. The van der Waals surface area contributed by atoms with Crippen molar-refractivity contribution in [3.63, 3.8) is 0 Å². The van der Waals surface area contributed by atoms with E-state index in [4.69, 9.17) is 51.8 Å². The number of hydrogen-bond acceptors (Lipinski definition) is 5. The molecule has 0 radical (unpaired) electrons. The van der Waals surface area contributed by atoms with E-state index in [-0.39, 0.29) is 11.8 Å². The Morgan fingerprint density at radius 3 is 2.48 bits per heavy atom. The summed E-state index contributed by atoms with van der Waals surface area (Å²) < 4.78 is 5.70. The Morgan fingerprint density at radius 2 is 1.79 bits per heavy atom. The lowest BCUT2D eigenvalue weighted by molar-refractivity contribution is -0.122. The zero-order valence-corrected chi connectivity index (χ0v) is 21.6. The molecule has 33 heavy (non-hydrogen) atoms. The molecule has 10 heteroatoms. The molecule has 1 saturated heterocycles. The molecular weight excluding hydrogens is 523 g/mol. The summed E-state index contributed by atoms with van der Waals surface area (Å²) in [5, 5.41) is 3.72. The minimum absolute atomic E-state index is 0.0900. The van der Waals surface area contributed by atoms with Crippen molar-refractivity contribution in [2.24, 2.45) is 0 Å². The number of anilines is 1. The molecule has 2 aromatic carbocycles. The Hall–Kier alpha value is -1.77. The number of rotatable bonds is 9. The van der Waals surface area contributed by atoms with Crippen molar-refractivity contribution in [2.45, 2.75) is 25.7 Å². The van der Waals surface area contributed by atoms with E-state index in [1.165, 1.54) is 23.9 Å². The van der Waals surface area contributed by atoms with Gasteiger partial charge in [-0.25, -0.2) is 0 Å². The first kappa shape index (κ1) is 25.8. The molecule has 0 atom stereocenters. The van der Waals surface area contributed by atoms with Gasteiger partial charge in [-0.2, -0.15) is 0 Å². The first-order valence-corrected chi connectivity index (χ1v) is 12.5. The van der Waals surface area contributed by atoms with E-state index in [1.54, 1.807) is 12.0 Å². The standard InChI is InChI=1S/C23H21Cl3N2O3S2/c1-31-15-8-6-14(7-9-15)11-20-22(30)28(23(32)33-20)10-4-2-3-5-21(29)27-19-13-17(25)16(24)12-18(19)26/h6-9,11-13H,2-5,10H2,1H3,(H,27,29)/b20-11-. The second kappa shape index (κ2) is 12.1. The zero-order valence-electron chi connectivity index (χ0n) is 17.7. The largest absolute Gasteiger partial charge is 0.497 e. The summed E-state index contributed by atoms with van der Waals surface area (Å²) in [6.07, 6.45) is 4.34. The number of unbranched alkanes of at least 4 members (excludes halogenated alkanes) is 2. The Bertz CT molecular complexity index is 1090. The Balaban J connectivity index is 1.43. The van der Waals surface area contributed by atoms with E-state index in [9.17, 15) is 9.59 Å². The third-order valence-corrected chi connectivity index (χ3v) is 7.27. The zero-order chi connectivity index (χ0) is 24.0. The summed E-state index contributed by atoms with van der Waals surface area (Å²) in [5.74, 6) is 0.504. The number of nitrogens with zero attached hydrogens (tertiary/aromatic N) is 1. The number of carbonyl (C=O) groups is 2. The average molecular weight is 544 g/mol. The number of halogens is 3. The highest BCUT2D eigenvalue weighted by atomic mass is 35.5. The summed E-state index contributed by atoms with van der Waals surface area (Å²) in [6, 6.07) is 10.5. The molecular formula is C23H21Cl3N2O3S2. The predicted molar refractivity (Wildman–Crippen MR) is 141 cm³/mol. The summed E-state index contributed by atoms with van der Waals surface area (Å²) in [7, 11) is 1.61. The number of thioether (sulfide) groups is 1. The van der Waals surface area contributed by atoms with Gasteiger partial charge >= 0.3 is 0 Å². The van der Waals surface area contributed by atoms with Crippen molar-refractivity contribution in [3.05, 3.63) is 61.9 Å². The molecule has 1 N–H and O–H groups in total. The fourth-order valence-corrected chi connectivity index (χ4v) is 5.01. The molecule has 1 fully saturated rings. The van der Waals surface area contributed by atoms with Crippen LogP contribution in [0.2, 0.25) is 15.1 Å². The van der Waals surface area contributed by atoms with Crippen LogP contribution in [-0.4, -0.2) is 34.7 Å². The molecule has 0 saturated carbocycles.